The van der Waals surface area contributed by atoms with Crippen LogP contribution in [-0.4, -0.2) is 26.5 Å². The molecule has 0 saturated heterocycles. The Kier molecular flexibility index (Phi) is 5.66. The fraction of sp³-hybridized carbons (Fsp3) is 0.115. The lowest BCUT2D eigenvalue weighted by Crippen LogP contribution is -2.24. The van der Waals surface area contributed by atoms with Crippen molar-refractivity contribution in [1.29, 1.82) is 0 Å². The molecule has 1 aliphatic heterocycles. The summed E-state index contributed by atoms with van der Waals surface area (Å²) in [6, 6.07) is 20.2. The molecular weight excluding hydrogens is 468 g/mol. The number of nitrogens with one attached hydrogen (secondary N) is 1. The maximum atomic E-state index is 13.4. The van der Waals surface area contributed by atoms with Crippen LogP contribution in [0.2, 0.25) is 5.02 Å². The number of halogens is 1. The standard InChI is InChI=1S/C26H19ClN4O4/c1-15(32)30-23(17-8-5-9-19(12-17)31(34)35)14-22(29-30)25-24(16-6-3-2-4-7-16)20-13-18(27)10-11-21(20)28-26(25)33/h2-13,23H,14H2,1H3,(H,28,33). The van der Waals surface area contributed by atoms with E-state index in [4.69, 9.17) is 11.6 Å². The number of aromatic nitrogens is 1. The second-order valence-electron chi connectivity index (χ2n) is 8.24. The average molecular weight is 487 g/mol. The molecule has 0 spiro atoms. The molecule has 0 aliphatic carbocycles. The predicted molar refractivity (Wildman–Crippen MR) is 135 cm³/mol. The van der Waals surface area contributed by atoms with Crippen molar-refractivity contribution in [2.24, 2.45) is 5.10 Å². The van der Waals surface area contributed by atoms with Gasteiger partial charge in [-0.05, 0) is 29.3 Å². The van der Waals surface area contributed by atoms with Crippen molar-refractivity contribution in [3.8, 4) is 11.1 Å². The van der Waals surface area contributed by atoms with Crippen LogP contribution < -0.4 is 5.56 Å². The van der Waals surface area contributed by atoms with Crippen molar-refractivity contribution >= 4 is 39.8 Å². The number of nitro benzene ring substituents is 1. The molecule has 5 rings (SSSR count). The third kappa shape index (κ3) is 4.08. The average Bonchev–Trinajstić information content (AvgIpc) is 3.29. The normalized spacial score (nSPS) is 15.3. The number of non-ortho nitro benzene ring substituents is 1. The Morgan fingerprint density at radius 3 is 2.57 bits per heavy atom. The number of hydrazone groups is 1. The quantitative estimate of drug-likeness (QED) is 0.305. The Morgan fingerprint density at radius 2 is 1.86 bits per heavy atom. The molecule has 174 valence electrons. The van der Waals surface area contributed by atoms with Crippen molar-refractivity contribution in [1.82, 2.24) is 9.99 Å². The second-order valence-corrected chi connectivity index (χ2v) is 8.68. The highest BCUT2D eigenvalue weighted by Crippen LogP contribution is 2.38. The summed E-state index contributed by atoms with van der Waals surface area (Å²) in [6.07, 6.45) is 0.218. The minimum absolute atomic E-state index is 0.0809. The van der Waals surface area contributed by atoms with Gasteiger partial charge in [0.2, 0.25) is 5.91 Å². The van der Waals surface area contributed by atoms with E-state index in [-0.39, 0.29) is 23.6 Å². The number of H-pyrrole nitrogens is 1. The lowest BCUT2D eigenvalue weighted by atomic mass is 9.91. The van der Waals surface area contributed by atoms with E-state index in [1.807, 2.05) is 30.3 Å². The van der Waals surface area contributed by atoms with Gasteiger partial charge in [0.05, 0.1) is 22.2 Å². The number of nitrogens with zero attached hydrogens (tertiary/aromatic N) is 3. The molecule has 0 bridgehead atoms. The van der Waals surface area contributed by atoms with E-state index in [9.17, 15) is 19.7 Å². The third-order valence-corrected chi connectivity index (χ3v) is 6.26. The zero-order valence-electron chi connectivity index (χ0n) is 18.6. The zero-order chi connectivity index (χ0) is 24.7. The second kappa shape index (κ2) is 8.81. The van der Waals surface area contributed by atoms with E-state index in [0.717, 1.165) is 10.9 Å². The molecule has 1 aromatic heterocycles. The third-order valence-electron chi connectivity index (χ3n) is 6.03. The molecule has 4 aromatic rings. The molecule has 3 aromatic carbocycles. The van der Waals surface area contributed by atoms with E-state index in [2.05, 4.69) is 10.1 Å². The number of amides is 1. The number of benzene rings is 3. The summed E-state index contributed by atoms with van der Waals surface area (Å²) in [5.41, 5.74) is 2.98. The van der Waals surface area contributed by atoms with E-state index >= 15 is 0 Å². The van der Waals surface area contributed by atoms with Gasteiger partial charge >= 0.3 is 0 Å². The van der Waals surface area contributed by atoms with Gasteiger partial charge in [0, 0.05) is 47.0 Å². The molecule has 1 atom stereocenters. The van der Waals surface area contributed by atoms with Crippen molar-refractivity contribution in [2.45, 2.75) is 19.4 Å². The van der Waals surface area contributed by atoms with E-state index in [1.54, 1.807) is 30.3 Å². The lowest BCUT2D eigenvalue weighted by Gasteiger charge is -2.20. The Labute approximate surface area is 204 Å². The van der Waals surface area contributed by atoms with Gasteiger partial charge in [0.1, 0.15) is 0 Å². The summed E-state index contributed by atoms with van der Waals surface area (Å²) >= 11 is 6.31. The zero-order valence-corrected chi connectivity index (χ0v) is 19.3. The summed E-state index contributed by atoms with van der Waals surface area (Å²) in [4.78, 5) is 39.6. The van der Waals surface area contributed by atoms with Crippen molar-refractivity contribution in [2.75, 3.05) is 0 Å². The van der Waals surface area contributed by atoms with Crippen molar-refractivity contribution < 1.29 is 9.72 Å². The predicted octanol–water partition coefficient (Wildman–Crippen LogP) is 5.45. The molecule has 1 amide bonds. The van der Waals surface area contributed by atoms with Crippen molar-refractivity contribution in [3.05, 3.63) is 109 Å². The molecular formula is C26H19ClN4O4. The van der Waals surface area contributed by atoms with Gasteiger partial charge in [-0.1, -0.05) is 54.1 Å². The topological polar surface area (TPSA) is 109 Å². The van der Waals surface area contributed by atoms with Gasteiger partial charge in [-0.2, -0.15) is 5.10 Å². The highest BCUT2D eigenvalue weighted by molar-refractivity contribution is 6.31. The Hall–Kier alpha value is -4.30. The fourth-order valence-electron chi connectivity index (χ4n) is 4.50. The number of nitro groups is 1. The Morgan fingerprint density at radius 1 is 1.09 bits per heavy atom. The van der Waals surface area contributed by atoms with Crippen LogP contribution in [0.15, 0.2) is 82.7 Å². The number of rotatable bonds is 4. The van der Waals surface area contributed by atoms with Crippen molar-refractivity contribution in [3.63, 3.8) is 0 Å². The molecule has 0 saturated carbocycles. The van der Waals surface area contributed by atoms with E-state index < -0.39 is 11.0 Å². The van der Waals surface area contributed by atoms with Gasteiger partial charge in [0.25, 0.3) is 11.2 Å². The summed E-state index contributed by atoms with van der Waals surface area (Å²) in [7, 11) is 0. The number of aromatic amines is 1. The van der Waals surface area contributed by atoms with Crippen LogP contribution in [0.25, 0.3) is 22.0 Å². The van der Waals surface area contributed by atoms with Gasteiger partial charge in [-0.25, -0.2) is 5.01 Å². The van der Waals surface area contributed by atoms with Crippen LogP contribution in [0.5, 0.6) is 0 Å². The van der Waals surface area contributed by atoms with Crippen LogP contribution in [0.3, 0.4) is 0 Å². The molecule has 9 heteroatoms. The molecule has 1 N–H and O–H groups in total. The Bertz CT molecular complexity index is 1580. The van der Waals surface area contributed by atoms with Crippen LogP contribution >= 0.6 is 11.6 Å². The molecule has 1 aliphatic rings. The molecule has 8 nitrogen and oxygen atoms in total. The minimum atomic E-state index is -0.583. The number of hydrogen-bond acceptors (Lipinski definition) is 5. The minimum Gasteiger partial charge on any atom is -0.321 e. The highest BCUT2D eigenvalue weighted by Gasteiger charge is 2.34. The summed E-state index contributed by atoms with van der Waals surface area (Å²) in [6.45, 7) is 1.37. The number of carbonyl (C=O) groups is 1. The van der Waals surface area contributed by atoms with Gasteiger partial charge in [-0.15, -0.1) is 0 Å². The fourth-order valence-corrected chi connectivity index (χ4v) is 4.67. The molecule has 0 fully saturated rings. The monoisotopic (exact) mass is 486 g/mol. The number of carbonyl (C=O) groups excluding carboxylic acids is 1. The number of fused-ring (bicyclic) bond motifs is 1. The van der Waals surface area contributed by atoms with Crippen LogP contribution in [0.4, 0.5) is 5.69 Å². The SMILES string of the molecule is CC(=O)N1N=C(c2c(-c3ccccc3)c3cc(Cl)ccc3[nH]c2=O)CC1c1cccc([N+](=O)[O-])c1. The first-order valence-corrected chi connectivity index (χ1v) is 11.2. The van der Waals surface area contributed by atoms with E-state index in [1.165, 1.54) is 24.1 Å². The molecule has 0 radical (unpaired) electrons. The summed E-state index contributed by atoms with van der Waals surface area (Å²) in [5.74, 6) is -0.335. The van der Waals surface area contributed by atoms with Gasteiger partial charge in [-0.3, -0.25) is 19.7 Å². The first-order chi connectivity index (χ1) is 16.8. The maximum absolute atomic E-state index is 13.4. The largest absolute Gasteiger partial charge is 0.321 e. The molecule has 1 unspecified atom stereocenters. The van der Waals surface area contributed by atoms with Crippen LogP contribution in [0.1, 0.15) is 30.5 Å². The Balaban J connectivity index is 1.72. The summed E-state index contributed by atoms with van der Waals surface area (Å²) < 4.78 is 0. The summed E-state index contributed by atoms with van der Waals surface area (Å²) in [5, 5.41) is 18.4. The number of hydrogen-bond donors (Lipinski definition) is 1. The van der Waals surface area contributed by atoms with Crippen LogP contribution in [0, 0.1) is 10.1 Å². The highest BCUT2D eigenvalue weighted by atomic mass is 35.5. The van der Waals surface area contributed by atoms with Gasteiger partial charge in [0.15, 0.2) is 0 Å². The molecule has 35 heavy (non-hydrogen) atoms. The van der Waals surface area contributed by atoms with E-state index in [0.29, 0.717) is 32.9 Å². The first kappa shape index (κ1) is 22.5. The maximum Gasteiger partial charge on any atom is 0.269 e. The molecule has 2 heterocycles. The van der Waals surface area contributed by atoms with Crippen LogP contribution in [-0.2, 0) is 4.79 Å². The number of pyridine rings is 1. The smallest absolute Gasteiger partial charge is 0.269 e. The van der Waals surface area contributed by atoms with Gasteiger partial charge < -0.3 is 4.98 Å². The first-order valence-electron chi connectivity index (χ1n) is 10.9. The lowest BCUT2D eigenvalue weighted by molar-refractivity contribution is -0.384.